The Balaban J connectivity index is 2.08. The first-order valence-corrected chi connectivity index (χ1v) is 7.44. The van der Waals surface area contributed by atoms with Gasteiger partial charge in [0.15, 0.2) is 0 Å². The van der Waals surface area contributed by atoms with Gasteiger partial charge in [0.2, 0.25) is 0 Å². The average molecular weight is 351 g/mol. The zero-order valence-corrected chi connectivity index (χ0v) is 13.1. The van der Waals surface area contributed by atoms with Crippen LogP contribution in [-0.2, 0) is 12.6 Å². The maximum Gasteiger partial charge on any atom is 0.417 e. The number of anilines is 1. The molecule has 0 saturated heterocycles. The molecule has 0 unspecified atom stereocenters. The van der Waals surface area contributed by atoms with Gasteiger partial charge in [-0.2, -0.15) is 13.2 Å². The van der Waals surface area contributed by atoms with Gasteiger partial charge < -0.3 is 5.32 Å². The van der Waals surface area contributed by atoms with Crippen LogP contribution in [0.2, 0.25) is 0 Å². The minimum Gasteiger partial charge on any atom is -0.321 e. The smallest absolute Gasteiger partial charge is 0.321 e. The Morgan fingerprint density at radius 3 is 2.64 bits per heavy atom. The Labute approximate surface area is 140 Å². The zero-order valence-electron chi connectivity index (χ0n) is 13.1. The van der Waals surface area contributed by atoms with E-state index in [1.807, 2.05) is 0 Å². The van der Waals surface area contributed by atoms with Crippen molar-refractivity contribution in [1.82, 2.24) is 9.38 Å². The van der Waals surface area contributed by atoms with E-state index in [-0.39, 0.29) is 17.0 Å². The van der Waals surface area contributed by atoms with Crippen molar-refractivity contribution in [2.45, 2.75) is 19.5 Å². The standard InChI is InChI=1S/C17H13F4N3O/c1-2-13-15(16(25)22-12-5-3-4-11(18)8-12)24-9-10(17(19,20)21)6-7-14(24)23-13/h3-9H,2H2,1H3,(H,22,25). The number of nitrogens with one attached hydrogen (secondary N) is 1. The molecule has 0 bridgehead atoms. The molecule has 0 aliphatic rings. The molecule has 130 valence electrons. The van der Waals surface area contributed by atoms with Gasteiger partial charge in [-0.3, -0.25) is 9.20 Å². The molecule has 1 aromatic carbocycles. The minimum absolute atomic E-state index is 0.00661. The summed E-state index contributed by atoms with van der Waals surface area (Å²) in [4.78, 5) is 16.8. The molecule has 8 heteroatoms. The molecule has 4 nitrogen and oxygen atoms in total. The summed E-state index contributed by atoms with van der Waals surface area (Å²) in [6.07, 6.45) is -3.35. The highest BCUT2D eigenvalue weighted by atomic mass is 19.4. The highest BCUT2D eigenvalue weighted by molar-refractivity contribution is 6.04. The molecule has 3 rings (SSSR count). The SMILES string of the molecule is CCc1nc2ccc(C(F)(F)F)cn2c1C(=O)Nc1cccc(F)c1. The number of rotatable bonds is 3. The molecule has 2 aromatic heterocycles. The van der Waals surface area contributed by atoms with E-state index in [9.17, 15) is 22.4 Å². The molecular weight excluding hydrogens is 338 g/mol. The summed E-state index contributed by atoms with van der Waals surface area (Å²) < 4.78 is 53.2. The van der Waals surface area contributed by atoms with E-state index < -0.39 is 23.5 Å². The molecular formula is C17H13F4N3O. The highest BCUT2D eigenvalue weighted by Crippen LogP contribution is 2.30. The number of aryl methyl sites for hydroxylation is 1. The van der Waals surface area contributed by atoms with Crippen LogP contribution in [0.4, 0.5) is 23.2 Å². The molecule has 1 amide bonds. The molecule has 0 spiro atoms. The van der Waals surface area contributed by atoms with Gasteiger partial charge >= 0.3 is 6.18 Å². The first-order chi connectivity index (χ1) is 11.8. The first kappa shape index (κ1) is 16.9. The van der Waals surface area contributed by atoms with Crippen LogP contribution < -0.4 is 5.32 Å². The van der Waals surface area contributed by atoms with Crippen molar-refractivity contribution in [3.63, 3.8) is 0 Å². The predicted molar refractivity (Wildman–Crippen MR) is 83.9 cm³/mol. The van der Waals surface area contributed by atoms with E-state index >= 15 is 0 Å². The molecule has 2 heterocycles. The molecule has 25 heavy (non-hydrogen) atoms. The summed E-state index contributed by atoms with van der Waals surface area (Å²) in [6.45, 7) is 1.74. The number of carbonyl (C=O) groups is 1. The third-order valence-electron chi connectivity index (χ3n) is 3.65. The summed E-state index contributed by atoms with van der Waals surface area (Å²) >= 11 is 0. The molecule has 0 radical (unpaired) electrons. The monoisotopic (exact) mass is 351 g/mol. The quantitative estimate of drug-likeness (QED) is 0.715. The number of hydrogen-bond acceptors (Lipinski definition) is 2. The number of imidazole rings is 1. The van der Waals surface area contributed by atoms with Gasteiger partial charge in [-0.15, -0.1) is 0 Å². The topological polar surface area (TPSA) is 46.4 Å². The largest absolute Gasteiger partial charge is 0.417 e. The number of halogens is 4. The Hall–Kier alpha value is -2.90. The summed E-state index contributed by atoms with van der Waals surface area (Å²) in [6, 6.07) is 7.36. The predicted octanol–water partition coefficient (Wildman–Crippen LogP) is 4.31. The first-order valence-electron chi connectivity index (χ1n) is 7.44. The fraction of sp³-hybridized carbons (Fsp3) is 0.176. The molecule has 1 N–H and O–H groups in total. The van der Waals surface area contributed by atoms with Crippen LogP contribution in [0, 0.1) is 5.82 Å². The van der Waals surface area contributed by atoms with Crippen molar-refractivity contribution in [3.05, 3.63) is 65.4 Å². The number of carbonyl (C=O) groups excluding carboxylic acids is 1. The van der Waals surface area contributed by atoms with Crippen molar-refractivity contribution >= 4 is 17.2 Å². The second-order valence-electron chi connectivity index (χ2n) is 5.37. The van der Waals surface area contributed by atoms with Gasteiger partial charge in [-0.05, 0) is 36.8 Å². The molecule has 0 saturated carbocycles. The van der Waals surface area contributed by atoms with E-state index in [2.05, 4.69) is 10.3 Å². The Bertz CT molecular complexity index is 947. The second-order valence-corrected chi connectivity index (χ2v) is 5.37. The zero-order chi connectivity index (χ0) is 18.2. The van der Waals surface area contributed by atoms with Gasteiger partial charge in [-0.25, -0.2) is 9.37 Å². The lowest BCUT2D eigenvalue weighted by atomic mass is 10.2. The van der Waals surface area contributed by atoms with Gasteiger partial charge in [0.25, 0.3) is 5.91 Å². The fourth-order valence-electron chi connectivity index (χ4n) is 2.50. The third-order valence-corrected chi connectivity index (χ3v) is 3.65. The molecule has 0 atom stereocenters. The number of fused-ring (bicyclic) bond motifs is 1. The minimum atomic E-state index is -4.54. The Morgan fingerprint density at radius 1 is 1.24 bits per heavy atom. The van der Waals surface area contributed by atoms with Crippen molar-refractivity contribution in [2.75, 3.05) is 5.32 Å². The van der Waals surface area contributed by atoms with E-state index in [0.29, 0.717) is 12.1 Å². The van der Waals surface area contributed by atoms with Crippen LogP contribution in [0.15, 0.2) is 42.6 Å². The maximum atomic E-state index is 13.2. The van der Waals surface area contributed by atoms with E-state index in [1.54, 1.807) is 6.92 Å². The fourth-order valence-corrected chi connectivity index (χ4v) is 2.50. The van der Waals surface area contributed by atoms with Crippen LogP contribution in [-0.4, -0.2) is 15.3 Å². The summed E-state index contributed by atoms with van der Waals surface area (Å²) in [5.74, 6) is -1.19. The number of amides is 1. The number of alkyl halides is 3. The van der Waals surface area contributed by atoms with Crippen molar-refractivity contribution in [3.8, 4) is 0 Å². The number of aromatic nitrogens is 2. The Morgan fingerprint density at radius 2 is 2.00 bits per heavy atom. The number of hydrogen-bond donors (Lipinski definition) is 1. The lowest BCUT2D eigenvalue weighted by Gasteiger charge is -2.09. The summed E-state index contributed by atoms with van der Waals surface area (Å²) in [5.41, 5.74) is -0.107. The van der Waals surface area contributed by atoms with Gasteiger partial charge in [0.1, 0.15) is 17.2 Å². The van der Waals surface area contributed by atoms with E-state index in [0.717, 1.165) is 22.7 Å². The van der Waals surface area contributed by atoms with Crippen LogP contribution in [0.1, 0.15) is 28.7 Å². The van der Waals surface area contributed by atoms with E-state index in [4.69, 9.17) is 0 Å². The highest BCUT2D eigenvalue weighted by Gasteiger charge is 2.31. The van der Waals surface area contributed by atoms with Gasteiger partial charge in [0.05, 0.1) is 11.3 Å². The lowest BCUT2D eigenvalue weighted by molar-refractivity contribution is -0.137. The normalized spacial score (nSPS) is 11.7. The van der Waals surface area contributed by atoms with Crippen molar-refractivity contribution < 1.29 is 22.4 Å². The van der Waals surface area contributed by atoms with Crippen LogP contribution >= 0.6 is 0 Å². The average Bonchev–Trinajstić information content (AvgIpc) is 2.91. The number of benzene rings is 1. The molecule has 0 fully saturated rings. The third kappa shape index (κ3) is 3.33. The van der Waals surface area contributed by atoms with E-state index in [1.165, 1.54) is 24.3 Å². The lowest BCUT2D eigenvalue weighted by Crippen LogP contribution is -2.17. The number of nitrogens with zero attached hydrogens (tertiary/aromatic N) is 2. The van der Waals surface area contributed by atoms with Crippen molar-refractivity contribution in [1.29, 1.82) is 0 Å². The van der Waals surface area contributed by atoms with Crippen molar-refractivity contribution in [2.24, 2.45) is 0 Å². The maximum absolute atomic E-state index is 13.2. The molecule has 0 aliphatic carbocycles. The van der Waals surface area contributed by atoms with Gasteiger partial charge in [0, 0.05) is 11.9 Å². The molecule has 0 aliphatic heterocycles. The van der Waals surface area contributed by atoms with Crippen LogP contribution in [0.5, 0.6) is 0 Å². The Kier molecular flexibility index (Phi) is 4.20. The molecule has 3 aromatic rings. The van der Waals surface area contributed by atoms with Crippen LogP contribution in [0.3, 0.4) is 0 Å². The summed E-state index contributed by atoms with van der Waals surface area (Å²) in [7, 11) is 0. The summed E-state index contributed by atoms with van der Waals surface area (Å²) in [5, 5.41) is 2.49. The van der Waals surface area contributed by atoms with Crippen LogP contribution in [0.25, 0.3) is 5.65 Å². The number of pyridine rings is 1. The second kappa shape index (κ2) is 6.19. The van der Waals surface area contributed by atoms with Gasteiger partial charge in [-0.1, -0.05) is 13.0 Å².